The molecule has 1 aliphatic rings. The van der Waals surface area contributed by atoms with Gasteiger partial charge < -0.3 is 9.47 Å². The van der Waals surface area contributed by atoms with E-state index in [4.69, 9.17) is 9.47 Å². The molecule has 0 radical (unpaired) electrons. The van der Waals surface area contributed by atoms with Crippen LogP contribution >= 0.6 is 0 Å². The van der Waals surface area contributed by atoms with E-state index >= 15 is 0 Å². The van der Waals surface area contributed by atoms with Crippen LogP contribution in [0.2, 0.25) is 0 Å². The molecule has 6 nitrogen and oxygen atoms in total. The molecule has 1 aliphatic heterocycles. The third-order valence-electron chi connectivity index (χ3n) is 3.80. The van der Waals surface area contributed by atoms with Crippen LogP contribution < -0.4 is 13.8 Å². The van der Waals surface area contributed by atoms with Crippen molar-refractivity contribution in [2.45, 2.75) is 11.4 Å². The zero-order chi connectivity index (χ0) is 17.2. The molecule has 0 aliphatic carbocycles. The van der Waals surface area contributed by atoms with Crippen molar-refractivity contribution in [1.82, 2.24) is 9.97 Å². The molecule has 0 saturated carbocycles. The SMILES string of the molecule is COc1cccc(Oc2nccc(N3Cc4ccccc4S3=O)n2)c1. The van der Waals surface area contributed by atoms with Gasteiger partial charge in [0.15, 0.2) is 11.0 Å². The first-order valence-corrected chi connectivity index (χ1v) is 8.77. The number of hydrogen-bond donors (Lipinski definition) is 0. The van der Waals surface area contributed by atoms with Crippen molar-refractivity contribution in [3.05, 3.63) is 66.4 Å². The van der Waals surface area contributed by atoms with Crippen molar-refractivity contribution < 1.29 is 13.7 Å². The van der Waals surface area contributed by atoms with Crippen LogP contribution in [0, 0.1) is 0 Å². The van der Waals surface area contributed by atoms with Gasteiger partial charge in [0.1, 0.15) is 17.3 Å². The van der Waals surface area contributed by atoms with E-state index in [9.17, 15) is 4.21 Å². The summed E-state index contributed by atoms with van der Waals surface area (Å²) in [7, 11) is 0.315. The number of benzene rings is 2. The Morgan fingerprint density at radius 1 is 1.08 bits per heavy atom. The molecule has 1 atom stereocenters. The van der Waals surface area contributed by atoms with Gasteiger partial charge in [-0.25, -0.2) is 9.19 Å². The highest BCUT2D eigenvalue weighted by Gasteiger charge is 2.28. The van der Waals surface area contributed by atoms with E-state index in [-0.39, 0.29) is 6.01 Å². The molecule has 0 spiro atoms. The summed E-state index contributed by atoms with van der Waals surface area (Å²) in [6, 6.07) is 16.8. The molecule has 0 bridgehead atoms. The number of rotatable bonds is 4. The Balaban J connectivity index is 1.59. The first-order valence-electron chi connectivity index (χ1n) is 7.67. The number of nitrogens with zero attached hydrogens (tertiary/aromatic N) is 3. The minimum absolute atomic E-state index is 0.193. The Hall–Kier alpha value is -2.93. The highest BCUT2D eigenvalue weighted by molar-refractivity contribution is 7.86. The normalized spacial score (nSPS) is 15.7. The van der Waals surface area contributed by atoms with Gasteiger partial charge in [0, 0.05) is 18.3 Å². The van der Waals surface area contributed by atoms with Crippen LogP contribution in [0.3, 0.4) is 0 Å². The monoisotopic (exact) mass is 353 g/mol. The van der Waals surface area contributed by atoms with E-state index in [1.54, 1.807) is 35.8 Å². The van der Waals surface area contributed by atoms with Crippen LogP contribution in [0.1, 0.15) is 5.56 Å². The van der Waals surface area contributed by atoms with Gasteiger partial charge in [0.05, 0.1) is 18.6 Å². The lowest BCUT2D eigenvalue weighted by Crippen LogP contribution is -2.19. The zero-order valence-corrected chi connectivity index (χ0v) is 14.3. The van der Waals surface area contributed by atoms with Gasteiger partial charge in [0.2, 0.25) is 0 Å². The molecule has 3 aromatic rings. The fraction of sp³-hybridized carbons (Fsp3) is 0.111. The van der Waals surface area contributed by atoms with Gasteiger partial charge in [-0.1, -0.05) is 24.3 Å². The summed E-state index contributed by atoms with van der Waals surface area (Å²) in [5, 5.41) is 0. The van der Waals surface area contributed by atoms with E-state index in [1.807, 2.05) is 36.4 Å². The van der Waals surface area contributed by atoms with Crippen LogP contribution in [0.15, 0.2) is 65.7 Å². The lowest BCUT2D eigenvalue weighted by atomic mass is 10.2. The third-order valence-corrected chi connectivity index (χ3v) is 5.29. The summed E-state index contributed by atoms with van der Waals surface area (Å²) in [6.45, 7) is 0.540. The smallest absolute Gasteiger partial charge is 0.323 e. The number of ether oxygens (including phenoxy) is 2. The van der Waals surface area contributed by atoms with Gasteiger partial charge in [-0.3, -0.25) is 4.31 Å². The largest absolute Gasteiger partial charge is 0.497 e. The Kier molecular flexibility index (Phi) is 4.07. The molecule has 126 valence electrons. The van der Waals surface area contributed by atoms with Crippen molar-refractivity contribution in [2.75, 3.05) is 11.4 Å². The van der Waals surface area contributed by atoms with Gasteiger partial charge in [-0.2, -0.15) is 4.98 Å². The number of methoxy groups -OCH3 is 1. The first-order chi connectivity index (χ1) is 12.2. The molecule has 1 aromatic heterocycles. The summed E-state index contributed by atoms with van der Waals surface area (Å²) in [5.41, 5.74) is 1.04. The predicted molar refractivity (Wildman–Crippen MR) is 94.1 cm³/mol. The molecule has 7 heteroatoms. The Labute approximate surface area is 147 Å². The van der Waals surface area contributed by atoms with Crippen LogP contribution in [0.25, 0.3) is 0 Å². The molecule has 2 aromatic carbocycles. The lowest BCUT2D eigenvalue weighted by molar-refractivity contribution is 0.404. The summed E-state index contributed by atoms with van der Waals surface area (Å²) in [6.07, 6.45) is 1.60. The van der Waals surface area contributed by atoms with E-state index in [0.717, 1.165) is 10.5 Å². The highest BCUT2D eigenvalue weighted by atomic mass is 32.2. The molecule has 4 rings (SSSR count). The average Bonchev–Trinajstić information content (AvgIpc) is 2.99. The van der Waals surface area contributed by atoms with Gasteiger partial charge in [-0.05, 0) is 23.8 Å². The van der Waals surface area contributed by atoms with E-state index < -0.39 is 11.0 Å². The van der Waals surface area contributed by atoms with Crippen LogP contribution in [0.5, 0.6) is 17.5 Å². The first kappa shape index (κ1) is 15.6. The second-order valence-corrected chi connectivity index (χ2v) is 6.75. The third kappa shape index (κ3) is 3.06. The maximum Gasteiger partial charge on any atom is 0.323 e. The Bertz CT molecular complexity index is 948. The maximum absolute atomic E-state index is 12.7. The molecule has 2 heterocycles. The van der Waals surface area contributed by atoms with E-state index in [1.165, 1.54) is 0 Å². The predicted octanol–water partition coefficient (Wildman–Crippen LogP) is 3.32. The summed E-state index contributed by atoms with van der Waals surface area (Å²) >= 11 is 0. The van der Waals surface area contributed by atoms with E-state index in [2.05, 4.69) is 9.97 Å². The maximum atomic E-state index is 12.7. The molecular weight excluding hydrogens is 338 g/mol. The van der Waals surface area contributed by atoms with Crippen molar-refractivity contribution in [2.24, 2.45) is 0 Å². The van der Waals surface area contributed by atoms with Crippen molar-refractivity contribution in [3.63, 3.8) is 0 Å². The second kappa shape index (κ2) is 6.52. The summed E-state index contributed by atoms with van der Waals surface area (Å²) < 4.78 is 25.3. The average molecular weight is 353 g/mol. The van der Waals surface area contributed by atoms with Crippen molar-refractivity contribution in [1.29, 1.82) is 0 Å². The quantitative estimate of drug-likeness (QED) is 0.720. The highest BCUT2D eigenvalue weighted by Crippen LogP contribution is 2.31. The molecular formula is C18H15N3O3S. The molecule has 25 heavy (non-hydrogen) atoms. The molecule has 0 fully saturated rings. The van der Waals surface area contributed by atoms with Crippen LogP contribution in [-0.2, 0) is 17.5 Å². The summed E-state index contributed by atoms with van der Waals surface area (Å²) in [4.78, 5) is 9.35. The zero-order valence-electron chi connectivity index (χ0n) is 13.5. The fourth-order valence-corrected chi connectivity index (χ4v) is 3.91. The minimum atomic E-state index is -1.28. The van der Waals surface area contributed by atoms with Gasteiger partial charge >= 0.3 is 6.01 Å². The Morgan fingerprint density at radius 3 is 2.76 bits per heavy atom. The number of anilines is 1. The number of aromatic nitrogens is 2. The molecule has 0 N–H and O–H groups in total. The summed E-state index contributed by atoms with van der Waals surface area (Å²) in [5.74, 6) is 1.81. The second-order valence-electron chi connectivity index (χ2n) is 5.37. The molecule has 0 saturated heterocycles. The topological polar surface area (TPSA) is 64.6 Å². The van der Waals surface area contributed by atoms with E-state index in [0.29, 0.717) is 23.9 Å². The van der Waals surface area contributed by atoms with Crippen LogP contribution in [-0.4, -0.2) is 21.3 Å². The van der Waals surface area contributed by atoms with Crippen molar-refractivity contribution >= 4 is 16.8 Å². The molecule has 0 amide bonds. The van der Waals surface area contributed by atoms with Gasteiger partial charge in [-0.15, -0.1) is 0 Å². The van der Waals surface area contributed by atoms with Crippen molar-refractivity contribution in [3.8, 4) is 17.5 Å². The van der Waals surface area contributed by atoms with Crippen LogP contribution in [0.4, 0.5) is 5.82 Å². The van der Waals surface area contributed by atoms with Gasteiger partial charge in [0.25, 0.3) is 0 Å². The molecule has 1 unspecified atom stereocenters. The Morgan fingerprint density at radius 2 is 1.92 bits per heavy atom. The fourth-order valence-electron chi connectivity index (χ4n) is 2.59. The standard InChI is InChI=1S/C18H15N3O3S/c1-23-14-6-4-7-15(11-14)24-18-19-10-9-17(20-18)21-12-13-5-2-3-8-16(13)25(21)22/h2-11H,12H2,1H3. The number of hydrogen-bond acceptors (Lipinski definition) is 5. The number of fused-ring (bicyclic) bond motifs is 1. The lowest BCUT2D eigenvalue weighted by Gasteiger charge is -2.15. The minimum Gasteiger partial charge on any atom is -0.497 e.